The number of aryl methyl sites for hydroxylation is 1. The Bertz CT molecular complexity index is 1530. The lowest BCUT2D eigenvalue weighted by atomic mass is 10.1. The third-order valence-corrected chi connectivity index (χ3v) is 8.83. The van der Waals surface area contributed by atoms with Crippen LogP contribution in [0.2, 0.25) is 0 Å². The van der Waals surface area contributed by atoms with Gasteiger partial charge in [0.15, 0.2) is 0 Å². The number of hydrogen-bond acceptors (Lipinski definition) is 7. The molecule has 0 spiro atoms. The molecule has 1 aromatic carbocycles. The number of anilines is 1. The fraction of sp³-hybridized carbons (Fsp3) is 0.259. The summed E-state index contributed by atoms with van der Waals surface area (Å²) in [4.78, 5) is 35.8. The molecule has 0 radical (unpaired) electrons. The monoisotopic (exact) mass is 531 g/mol. The summed E-state index contributed by atoms with van der Waals surface area (Å²) in [6, 6.07) is 9.18. The van der Waals surface area contributed by atoms with Crippen LogP contribution in [-0.4, -0.2) is 57.4 Å². The van der Waals surface area contributed by atoms with E-state index in [0.29, 0.717) is 17.9 Å². The Morgan fingerprint density at radius 2 is 2.00 bits per heavy atom. The molecule has 37 heavy (non-hydrogen) atoms. The molecule has 0 saturated heterocycles. The van der Waals surface area contributed by atoms with E-state index in [4.69, 9.17) is 4.42 Å². The molecule has 1 aliphatic heterocycles. The molecule has 0 unspecified atom stereocenters. The topological polar surface area (TPSA) is 84.5 Å². The second-order valence-corrected chi connectivity index (χ2v) is 10.8. The number of thiophene rings is 1. The number of oxazole rings is 1. The van der Waals surface area contributed by atoms with E-state index in [9.17, 15) is 9.59 Å². The quantitative estimate of drug-likeness (QED) is 0.371. The van der Waals surface area contributed by atoms with Gasteiger partial charge in [-0.15, -0.1) is 23.1 Å². The first-order valence-corrected chi connectivity index (χ1v) is 13.4. The van der Waals surface area contributed by atoms with Gasteiger partial charge in [0.2, 0.25) is 0 Å². The van der Waals surface area contributed by atoms with Crippen molar-refractivity contribution in [2.45, 2.75) is 24.3 Å². The highest BCUT2D eigenvalue weighted by Crippen LogP contribution is 2.44. The number of rotatable bonds is 4. The van der Waals surface area contributed by atoms with E-state index in [-0.39, 0.29) is 11.8 Å². The highest BCUT2D eigenvalue weighted by Gasteiger charge is 2.37. The molecule has 0 saturated carbocycles. The molecule has 188 valence electrons. The summed E-state index contributed by atoms with van der Waals surface area (Å²) in [5.41, 5.74) is 2.93. The number of amides is 2. The molecule has 3 aromatic heterocycles. The first-order valence-electron chi connectivity index (χ1n) is 11.6. The number of thioether (sulfide) groups is 1. The van der Waals surface area contributed by atoms with Crippen LogP contribution in [0.15, 0.2) is 58.2 Å². The van der Waals surface area contributed by atoms with Crippen molar-refractivity contribution in [3.63, 3.8) is 0 Å². The zero-order chi connectivity index (χ0) is 26.1. The summed E-state index contributed by atoms with van der Waals surface area (Å²) in [6.07, 6.45) is 5.69. The molecule has 0 aliphatic carbocycles. The average Bonchev–Trinajstić information content (AvgIpc) is 3.60. The molecule has 4 heterocycles. The summed E-state index contributed by atoms with van der Waals surface area (Å²) in [6.45, 7) is 2.02. The fourth-order valence-electron chi connectivity index (χ4n) is 4.02. The number of carbonyl (C=O) groups is 2. The zero-order valence-corrected chi connectivity index (χ0v) is 22.5. The van der Waals surface area contributed by atoms with Gasteiger partial charge in [0.25, 0.3) is 11.8 Å². The normalized spacial score (nSPS) is 15.1. The lowest BCUT2D eigenvalue weighted by Gasteiger charge is -2.27. The SMILES string of the molecule is Cc1c(C#Cc2cnn(C)c2)sc2c1SC[C@H](N(C)C(=O)c1ncc(Cc3ccccc3)o1)C(=O)N2C. The van der Waals surface area contributed by atoms with E-state index < -0.39 is 11.9 Å². The Hall–Kier alpha value is -3.81. The number of benzene rings is 1. The van der Waals surface area contributed by atoms with Crippen molar-refractivity contribution in [2.75, 3.05) is 24.7 Å². The van der Waals surface area contributed by atoms with Crippen LogP contribution >= 0.6 is 23.1 Å². The number of carbonyl (C=O) groups excluding carboxylic acids is 2. The Labute approximate surface area is 223 Å². The number of fused-ring (bicyclic) bond motifs is 1. The van der Waals surface area contributed by atoms with Crippen molar-refractivity contribution in [1.82, 2.24) is 19.7 Å². The minimum atomic E-state index is -0.657. The van der Waals surface area contributed by atoms with Crippen LogP contribution in [0.1, 0.15) is 38.0 Å². The predicted octanol–water partition coefficient (Wildman–Crippen LogP) is 3.98. The van der Waals surface area contributed by atoms with Crippen molar-refractivity contribution < 1.29 is 14.0 Å². The van der Waals surface area contributed by atoms with Crippen LogP contribution < -0.4 is 4.90 Å². The lowest BCUT2D eigenvalue weighted by Crippen LogP contribution is -2.49. The largest absolute Gasteiger partial charge is 0.437 e. The van der Waals surface area contributed by atoms with Gasteiger partial charge in [-0.25, -0.2) is 4.98 Å². The number of nitrogens with zero attached hydrogens (tertiary/aromatic N) is 5. The number of hydrogen-bond donors (Lipinski definition) is 0. The highest BCUT2D eigenvalue weighted by molar-refractivity contribution is 7.99. The van der Waals surface area contributed by atoms with Crippen molar-refractivity contribution in [3.8, 4) is 11.8 Å². The molecule has 2 amide bonds. The van der Waals surface area contributed by atoms with Gasteiger partial charge in [0, 0.05) is 44.4 Å². The molecule has 4 aromatic rings. The second-order valence-electron chi connectivity index (χ2n) is 8.78. The average molecular weight is 532 g/mol. The predicted molar refractivity (Wildman–Crippen MR) is 144 cm³/mol. The lowest BCUT2D eigenvalue weighted by molar-refractivity contribution is -0.121. The zero-order valence-electron chi connectivity index (χ0n) is 20.9. The van der Waals surface area contributed by atoms with E-state index in [2.05, 4.69) is 21.9 Å². The maximum absolute atomic E-state index is 13.5. The molecule has 0 bridgehead atoms. The smallest absolute Gasteiger partial charge is 0.310 e. The van der Waals surface area contributed by atoms with Crippen molar-refractivity contribution in [2.24, 2.45) is 7.05 Å². The highest BCUT2D eigenvalue weighted by atomic mass is 32.2. The van der Waals surface area contributed by atoms with Crippen LogP contribution in [0.3, 0.4) is 0 Å². The Morgan fingerprint density at radius 3 is 2.73 bits per heavy atom. The van der Waals surface area contributed by atoms with Gasteiger partial charge in [0.1, 0.15) is 16.8 Å². The maximum atomic E-state index is 13.5. The summed E-state index contributed by atoms with van der Waals surface area (Å²) in [5.74, 6) is 6.79. The first kappa shape index (κ1) is 24.9. The van der Waals surface area contributed by atoms with Gasteiger partial charge < -0.3 is 14.2 Å². The minimum absolute atomic E-state index is 0.0166. The molecular weight excluding hydrogens is 506 g/mol. The summed E-state index contributed by atoms with van der Waals surface area (Å²) >= 11 is 3.05. The maximum Gasteiger partial charge on any atom is 0.310 e. The van der Waals surface area contributed by atoms with E-state index in [1.165, 1.54) is 16.2 Å². The molecule has 5 rings (SSSR count). The molecule has 1 atom stereocenters. The molecule has 0 fully saturated rings. The van der Waals surface area contributed by atoms with Gasteiger partial charge in [-0.3, -0.25) is 14.3 Å². The molecule has 0 N–H and O–H groups in total. The number of likely N-dealkylation sites (N-methyl/N-ethyl adjacent to an activating group) is 2. The van der Waals surface area contributed by atoms with Crippen molar-refractivity contribution >= 4 is 39.9 Å². The Morgan fingerprint density at radius 1 is 1.22 bits per heavy atom. The van der Waals surface area contributed by atoms with Crippen LogP contribution in [0.25, 0.3) is 0 Å². The van der Waals surface area contributed by atoms with Crippen LogP contribution in [0.4, 0.5) is 5.00 Å². The van der Waals surface area contributed by atoms with Crippen molar-refractivity contribution in [1.29, 1.82) is 0 Å². The molecule has 1 aliphatic rings. The van der Waals surface area contributed by atoms with Gasteiger partial charge in [-0.2, -0.15) is 5.10 Å². The van der Waals surface area contributed by atoms with E-state index in [1.54, 1.807) is 47.8 Å². The summed E-state index contributed by atoms with van der Waals surface area (Å²) < 4.78 is 7.46. The standard InChI is InChI=1S/C27H25N5O3S2/c1-17-22(11-10-19-13-29-30(2)15-19)37-27-23(17)36-16-21(25(33)32(27)4)31(3)26(34)24-28-14-20(35-24)12-18-8-6-5-7-9-18/h5-9,13-15,21H,12,16H2,1-4H3/t21-/m0/s1. The molecule has 10 heteroatoms. The Balaban J connectivity index is 1.32. The van der Waals surface area contributed by atoms with E-state index >= 15 is 0 Å². The second kappa shape index (κ2) is 10.3. The van der Waals surface area contributed by atoms with E-state index in [1.807, 2.05) is 50.5 Å². The number of aromatic nitrogens is 3. The van der Waals surface area contributed by atoms with Crippen LogP contribution in [0, 0.1) is 18.8 Å². The van der Waals surface area contributed by atoms with Gasteiger partial charge in [0.05, 0.1) is 22.8 Å². The third-order valence-electron chi connectivity index (χ3n) is 6.15. The van der Waals surface area contributed by atoms with E-state index in [0.717, 1.165) is 31.5 Å². The third kappa shape index (κ3) is 5.05. The summed E-state index contributed by atoms with van der Waals surface area (Å²) in [7, 11) is 5.22. The molecular formula is C27H25N5O3S2. The summed E-state index contributed by atoms with van der Waals surface area (Å²) in [5, 5.41) is 4.99. The van der Waals surface area contributed by atoms with Crippen molar-refractivity contribution in [3.05, 3.63) is 82.1 Å². The fourth-order valence-corrected chi connectivity index (χ4v) is 6.68. The first-order chi connectivity index (χ1) is 17.8. The molecule has 8 nitrogen and oxygen atoms in total. The van der Waals surface area contributed by atoms with Gasteiger partial charge >= 0.3 is 5.91 Å². The Kier molecular flexibility index (Phi) is 6.91. The minimum Gasteiger partial charge on any atom is -0.437 e. The van der Waals surface area contributed by atoms with Gasteiger partial charge in [-0.05, 0) is 18.1 Å². The van der Waals surface area contributed by atoms with Crippen LogP contribution in [-0.2, 0) is 18.3 Å². The van der Waals surface area contributed by atoms with Crippen LogP contribution in [0.5, 0.6) is 0 Å². The van der Waals surface area contributed by atoms with Gasteiger partial charge in [-0.1, -0.05) is 42.2 Å².